The second kappa shape index (κ2) is 6.07. The van der Waals surface area contributed by atoms with Gasteiger partial charge < -0.3 is 10.6 Å². The molecule has 0 saturated carbocycles. The van der Waals surface area contributed by atoms with Crippen LogP contribution in [-0.4, -0.2) is 40.3 Å². The summed E-state index contributed by atoms with van der Waals surface area (Å²) in [6.45, 7) is 1.41. The quantitative estimate of drug-likeness (QED) is 0.844. The molecule has 5 nitrogen and oxygen atoms in total. The summed E-state index contributed by atoms with van der Waals surface area (Å²) in [5, 5.41) is 0. The Morgan fingerprint density at radius 2 is 2.12 bits per heavy atom. The molecule has 17 heavy (non-hydrogen) atoms. The predicted octanol–water partition coefficient (Wildman–Crippen LogP) is 1.18. The average molecular weight is 244 g/mol. The molecule has 0 spiro atoms. The Hall–Kier alpha value is -1.79. The van der Waals surface area contributed by atoms with Gasteiger partial charge in [0.1, 0.15) is 0 Å². The van der Waals surface area contributed by atoms with Crippen molar-refractivity contribution in [1.82, 2.24) is 14.9 Å². The number of anilines is 1. The van der Waals surface area contributed by atoms with Gasteiger partial charge >= 0.3 is 0 Å². The first-order valence-corrected chi connectivity index (χ1v) is 5.20. The summed E-state index contributed by atoms with van der Waals surface area (Å²) in [5.74, 6) is -0.661. The van der Waals surface area contributed by atoms with Gasteiger partial charge in [0, 0.05) is 18.9 Å². The van der Waals surface area contributed by atoms with Crippen LogP contribution >= 0.6 is 0 Å². The van der Waals surface area contributed by atoms with Gasteiger partial charge in [-0.1, -0.05) is 6.92 Å². The van der Waals surface area contributed by atoms with Crippen LogP contribution < -0.4 is 5.73 Å². The smallest absolute Gasteiger partial charge is 0.276 e. The molecule has 0 fully saturated rings. The predicted molar refractivity (Wildman–Crippen MR) is 58.6 cm³/mol. The molecule has 1 aromatic rings. The van der Waals surface area contributed by atoms with Crippen LogP contribution in [0.2, 0.25) is 0 Å². The number of carbonyl (C=O) groups is 1. The molecule has 1 aromatic heterocycles. The lowest BCUT2D eigenvalue weighted by atomic mass is 10.3. The van der Waals surface area contributed by atoms with Gasteiger partial charge in [-0.2, -0.15) is 0 Å². The molecule has 2 N–H and O–H groups in total. The van der Waals surface area contributed by atoms with Crippen LogP contribution in [-0.2, 0) is 0 Å². The number of hydrogen-bond donors (Lipinski definition) is 1. The number of amides is 1. The molecule has 0 aliphatic carbocycles. The number of alkyl halides is 2. The number of aromatic nitrogens is 2. The van der Waals surface area contributed by atoms with Gasteiger partial charge in [-0.3, -0.25) is 4.79 Å². The molecule has 94 valence electrons. The average Bonchev–Trinajstić information content (AvgIpc) is 2.28. The van der Waals surface area contributed by atoms with Gasteiger partial charge in [-0.15, -0.1) is 0 Å². The summed E-state index contributed by atoms with van der Waals surface area (Å²) in [6.07, 6.45) is 0.640. The molecule has 0 unspecified atom stereocenters. The molecule has 0 aliphatic heterocycles. The van der Waals surface area contributed by atoms with Gasteiger partial charge in [-0.05, 0) is 6.42 Å². The zero-order chi connectivity index (χ0) is 12.8. The molecule has 1 amide bonds. The van der Waals surface area contributed by atoms with E-state index in [1.54, 1.807) is 6.92 Å². The Morgan fingerprint density at radius 1 is 1.47 bits per heavy atom. The summed E-state index contributed by atoms with van der Waals surface area (Å²) in [7, 11) is 0. The monoisotopic (exact) mass is 244 g/mol. The largest absolute Gasteiger partial charge is 0.382 e. The summed E-state index contributed by atoms with van der Waals surface area (Å²) >= 11 is 0. The van der Waals surface area contributed by atoms with E-state index in [1.807, 2.05) is 0 Å². The standard InChI is InChI=1S/C10H14F2N4O/c1-2-5-16(6-7(11)12)10(17)8-9(13)15-4-3-14-8/h3-4,7H,2,5-6H2,1H3,(H2,13,15). The Bertz CT molecular complexity index is 386. The summed E-state index contributed by atoms with van der Waals surface area (Å²) in [5.41, 5.74) is 5.40. The second-order valence-electron chi connectivity index (χ2n) is 3.43. The summed E-state index contributed by atoms with van der Waals surface area (Å²) in [4.78, 5) is 20.4. The first-order valence-electron chi connectivity index (χ1n) is 5.20. The molecule has 0 atom stereocenters. The summed E-state index contributed by atoms with van der Waals surface area (Å²) < 4.78 is 24.6. The molecule has 0 aliphatic rings. The maximum Gasteiger partial charge on any atom is 0.276 e. The van der Waals surface area contributed by atoms with Gasteiger partial charge in [0.25, 0.3) is 12.3 Å². The molecule has 0 bridgehead atoms. The third-order valence-corrected chi connectivity index (χ3v) is 2.07. The lowest BCUT2D eigenvalue weighted by molar-refractivity contribution is 0.0551. The number of carbonyl (C=O) groups excluding carboxylic acids is 1. The molecule has 0 saturated heterocycles. The highest BCUT2D eigenvalue weighted by molar-refractivity contribution is 5.96. The van der Waals surface area contributed by atoms with Crippen LogP contribution in [0.1, 0.15) is 23.8 Å². The minimum Gasteiger partial charge on any atom is -0.382 e. The maximum atomic E-state index is 12.3. The molecule has 1 heterocycles. The van der Waals surface area contributed by atoms with Crippen LogP contribution in [0.4, 0.5) is 14.6 Å². The highest BCUT2D eigenvalue weighted by Gasteiger charge is 2.22. The van der Waals surface area contributed by atoms with E-state index in [9.17, 15) is 13.6 Å². The van der Waals surface area contributed by atoms with Crippen molar-refractivity contribution in [3.63, 3.8) is 0 Å². The Balaban J connectivity index is 2.88. The topological polar surface area (TPSA) is 72.1 Å². The van der Waals surface area contributed by atoms with Crippen LogP contribution in [0.3, 0.4) is 0 Å². The Kier molecular flexibility index (Phi) is 4.74. The van der Waals surface area contributed by atoms with E-state index in [2.05, 4.69) is 9.97 Å². The SMILES string of the molecule is CCCN(CC(F)F)C(=O)c1nccnc1N. The van der Waals surface area contributed by atoms with Crippen molar-refractivity contribution in [3.8, 4) is 0 Å². The maximum absolute atomic E-state index is 12.3. The minimum absolute atomic E-state index is 0.0483. The third kappa shape index (κ3) is 3.61. The number of halogens is 2. The number of rotatable bonds is 5. The van der Waals surface area contributed by atoms with Crippen molar-refractivity contribution in [1.29, 1.82) is 0 Å². The van der Waals surface area contributed by atoms with E-state index in [4.69, 9.17) is 5.73 Å². The lowest BCUT2D eigenvalue weighted by Gasteiger charge is -2.21. The number of hydrogen-bond acceptors (Lipinski definition) is 4. The van der Waals surface area contributed by atoms with Crippen molar-refractivity contribution in [2.24, 2.45) is 0 Å². The lowest BCUT2D eigenvalue weighted by Crippen LogP contribution is -2.36. The number of nitrogens with zero attached hydrogens (tertiary/aromatic N) is 3. The van der Waals surface area contributed by atoms with E-state index in [0.29, 0.717) is 6.42 Å². The third-order valence-electron chi connectivity index (χ3n) is 2.07. The first kappa shape index (κ1) is 13.3. The fourth-order valence-corrected chi connectivity index (χ4v) is 1.38. The van der Waals surface area contributed by atoms with Gasteiger partial charge in [-0.25, -0.2) is 18.7 Å². The fraction of sp³-hybridized carbons (Fsp3) is 0.500. The van der Waals surface area contributed by atoms with Crippen LogP contribution in [0.25, 0.3) is 0 Å². The highest BCUT2D eigenvalue weighted by atomic mass is 19.3. The van der Waals surface area contributed by atoms with E-state index in [0.717, 1.165) is 4.90 Å². The number of nitrogen functional groups attached to an aromatic ring is 1. The Morgan fingerprint density at radius 3 is 2.65 bits per heavy atom. The molecule has 0 aromatic carbocycles. The summed E-state index contributed by atoms with van der Waals surface area (Å²) in [6, 6.07) is 0. The fourth-order valence-electron chi connectivity index (χ4n) is 1.38. The molecule has 0 radical (unpaired) electrons. The van der Waals surface area contributed by atoms with Crippen LogP contribution in [0.5, 0.6) is 0 Å². The van der Waals surface area contributed by atoms with E-state index >= 15 is 0 Å². The van der Waals surface area contributed by atoms with Gasteiger partial charge in [0.05, 0.1) is 6.54 Å². The Labute approximate surface area is 97.7 Å². The molecular formula is C10H14F2N4O. The second-order valence-corrected chi connectivity index (χ2v) is 3.43. The van der Waals surface area contributed by atoms with E-state index < -0.39 is 18.9 Å². The van der Waals surface area contributed by atoms with Gasteiger partial charge in [0.15, 0.2) is 11.5 Å². The zero-order valence-electron chi connectivity index (χ0n) is 9.44. The van der Waals surface area contributed by atoms with Crippen molar-refractivity contribution >= 4 is 11.7 Å². The molecular weight excluding hydrogens is 230 g/mol. The molecule has 7 heteroatoms. The van der Waals surface area contributed by atoms with Crippen molar-refractivity contribution in [2.75, 3.05) is 18.8 Å². The van der Waals surface area contributed by atoms with Crippen LogP contribution in [0, 0.1) is 0 Å². The van der Waals surface area contributed by atoms with Gasteiger partial charge in [0.2, 0.25) is 0 Å². The van der Waals surface area contributed by atoms with Crippen molar-refractivity contribution < 1.29 is 13.6 Å². The zero-order valence-corrected chi connectivity index (χ0v) is 9.44. The van der Waals surface area contributed by atoms with Crippen molar-refractivity contribution in [2.45, 2.75) is 19.8 Å². The first-order chi connectivity index (χ1) is 8.06. The van der Waals surface area contributed by atoms with E-state index in [1.165, 1.54) is 12.4 Å². The van der Waals surface area contributed by atoms with E-state index in [-0.39, 0.29) is 18.1 Å². The highest BCUT2D eigenvalue weighted by Crippen LogP contribution is 2.10. The van der Waals surface area contributed by atoms with Crippen molar-refractivity contribution in [3.05, 3.63) is 18.1 Å². The normalized spacial score (nSPS) is 10.6. The number of nitrogens with two attached hydrogens (primary N) is 1. The molecule has 1 rings (SSSR count). The van der Waals surface area contributed by atoms with Crippen LogP contribution in [0.15, 0.2) is 12.4 Å². The minimum atomic E-state index is -2.58.